The molecule has 5 nitrogen and oxygen atoms in total. The number of nitrogens with one attached hydrogen (secondary N) is 2. The number of carbonyl (C=O) groups is 1. The minimum Gasteiger partial charge on any atom is -0.433 e. The zero-order valence-electron chi connectivity index (χ0n) is 13.2. The number of halogens is 3. The molecule has 0 heterocycles. The number of aliphatic hydroxyl groups excluding tert-OH is 1. The molecule has 0 aliphatic heterocycles. The number of hydrogen-bond donors (Lipinski definition) is 3. The first-order chi connectivity index (χ1) is 10.6. The molecule has 0 saturated heterocycles. The largest absolute Gasteiger partial charge is 0.433 e. The third-order valence-electron chi connectivity index (χ3n) is 2.98. The summed E-state index contributed by atoms with van der Waals surface area (Å²) in [6.07, 6.45) is -0.0587. The number of hydrogen-bond acceptors (Lipinski definition) is 3. The lowest BCUT2D eigenvalue weighted by Crippen LogP contribution is -2.38. The minimum atomic E-state index is -3.09. The number of benzene rings is 1. The fourth-order valence-corrected chi connectivity index (χ4v) is 2.16. The van der Waals surface area contributed by atoms with Crippen LogP contribution in [0.25, 0.3) is 0 Å². The van der Waals surface area contributed by atoms with Crippen LogP contribution >= 0.6 is 0 Å². The van der Waals surface area contributed by atoms with E-state index in [1.807, 2.05) is 13.8 Å². The van der Waals surface area contributed by atoms with Crippen LogP contribution in [0.2, 0.25) is 0 Å². The first-order valence-electron chi connectivity index (χ1n) is 7.06. The second-order valence-electron chi connectivity index (χ2n) is 6.04. The highest BCUT2D eigenvalue weighted by atomic mass is 19.3. The van der Waals surface area contributed by atoms with Crippen LogP contribution in [0.1, 0.15) is 27.2 Å². The van der Waals surface area contributed by atoms with Gasteiger partial charge in [0, 0.05) is 12.6 Å². The van der Waals surface area contributed by atoms with Gasteiger partial charge in [0.15, 0.2) is 0 Å². The van der Waals surface area contributed by atoms with Gasteiger partial charge in [-0.2, -0.15) is 8.78 Å². The number of rotatable bonds is 7. The molecule has 1 aromatic rings. The van der Waals surface area contributed by atoms with Crippen LogP contribution in [0.3, 0.4) is 0 Å². The minimum absolute atomic E-state index is 0.198. The average molecular weight is 334 g/mol. The molecule has 0 aliphatic rings. The van der Waals surface area contributed by atoms with Gasteiger partial charge >= 0.3 is 12.6 Å². The molecule has 1 aromatic carbocycles. The van der Waals surface area contributed by atoms with Gasteiger partial charge in [-0.3, -0.25) is 0 Å². The van der Waals surface area contributed by atoms with E-state index in [9.17, 15) is 23.1 Å². The van der Waals surface area contributed by atoms with E-state index in [-0.39, 0.29) is 23.4 Å². The zero-order valence-corrected chi connectivity index (χ0v) is 13.2. The maximum absolute atomic E-state index is 13.2. The Morgan fingerprint density at radius 2 is 2.04 bits per heavy atom. The summed E-state index contributed by atoms with van der Waals surface area (Å²) < 4.78 is 42.0. The fraction of sp³-hybridized carbons (Fsp3) is 0.533. The van der Waals surface area contributed by atoms with Crippen molar-refractivity contribution in [3.63, 3.8) is 0 Å². The fourth-order valence-electron chi connectivity index (χ4n) is 2.16. The summed E-state index contributed by atoms with van der Waals surface area (Å²) in [6, 6.07) is 2.16. The molecule has 0 spiro atoms. The maximum Gasteiger partial charge on any atom is 0.387 e. The molecular formula is C15H21F3N2O3. The lowest BCUT2D eigenvalue weighted by molar-refractivity contribution is -0.0494. The number of aliphatic hydroxyl groups is 1. The van der Waals surface area contributed by atoms with Crippen molar-refractivity contribution >= 4 is 11.7 Å². The number of ether oxygens (including phenoxy) is 1. The number of urea groups is 1. The molecule has 23 heavy (non-hydrogen) atoms. The summed E-state index contributed by atoms with van der Waals surface area (Å²) in [4.78, 5) is 11.8. The van der Waals surface area contributed by atoms with Crippen molar-refractivity contribution in [2.45, 2.75) is 39.9 Å². The second kappa shape index (κ2) is 8.05. The maximum atomic E-state index is 13.2. The first kappa shape index (κ1) is 19.1. The first-order valence-corrected chi connectivity index (χ1v) is 7.06. The molecule has 8 heteroatoms. The van der Waals surface area contributed by atoms with Gasteiger partial charge in [0.1, 0.15) is 11.6 Å². The van der Waals surface area contributed by atoms with Gasteiger partial charge in [-0.05, 0) is 30.9 Å². The third-order valence-corrected chi connectivity index (χ3v) is 2.98. The highest BCUT2D eigenvalue weighted by Gasteiger charge is 2.21. The van der Waals surface area contributed by atoms with Crippen molar-refractivity contribution in [3.05, 3.63) is 24.0 Å². The van der Waals surface area contributed by atoms with Crippen molar-refractivity contribution in [1.82, 2.24) is 5.32 Å². The topological polar surface area (TPSA) is 70.6 Å². The van der Waals surface area contributed by atoms with Crippen LogP contribution in [-0.2, 0) is 0 Å². The molecule has 1 unspecified atom stereocenters. The molecule has 0 bridgehead atoms. The molecule has 1 atom stereocenters. The summed E-state index contributed by atoms with van der Waals surface area (Å²) in [6.45, 7) is 2.50. The Hall–Kier alpha value is -1.96. The van der Waals surface area contributed by atoms with Crippen molar-refractivity contribution in [2.75, 3.05) is 11.9 Å². The van der Waals surface area contributed by atoms with Gasteiger partial charge in [-0.15, -0.1) is 0 Å². The number of anilines is 1. The van der Waals surface area contributed by atoms with E-state index in [4.69, 9.17) is 0 Å². The third kappa shape index (κ3) is 7.23. The van der Waals surface area contributed by atoms with Crippen LogP contribution in [0.4, 0.5) is 23.7 Å². The summed E-state index contributed by atoms with van der Waals surface area (Å²) in [5.74, 6) is -1.03. The molecular weight excluding hydrogens is 313 g/mol. The van der Waals surface area contributed by atoms with E-state index in [0.717, 1.165) is 18.2 Å². The van der Waals surface area contributed by atoms with Crippen LogP contribution < -0.4 is 15.4 Å². The Labute approximate surface area is 132 Å². The van der Waals surface area contributed by atoms with Crippen LogP contribution in [0.5, 0.6) is 5.75 Å². The van der Waals surface area contributed by atoms with Crippen molar-refractivity contribution in [2.24, 2.45) is 5.41 Å². The predicted molar refractivity (Wildman–Crippen MR) is 80.1 cm³/mol. The Morgan fingerprint density at radius 1 is 1.39 bits per heavy atom. The second-order valence-corrected chi connectivity index (χ2v) is 6.04. The summed E-state index contributed by atoms with van der Waals surface area (Å²) in [5.41, 5.74) is -0.563. The normalized spacial score (nSPS) is 12.9. The van der Waals surface area contributed by atoms with E-state index in [2.05, 4.69) is 15.4 Å². The molecule has 0 radical (unpaired) electrons. The lowest BCUT2D eigenvalue weighted by Gasteiger charge is -2.26. The predicted octanol–water partition coefficient (Wildman–Crippen LogP) is 3.35. The zero-order chi connectivity index (χ0) is 17.6. The van der Waals surface area contributed by atoms with E-state index in [1.165, 1.54) is 0 Å². The molecule has 130 valence electrons. The highest BCUT2D eigenvalue weighted by molar-refractivity contribution is 5.90. The Balaban J connectivity index is 2.68. The van der Waals surface area contributed by atoms with E-state index >= 15 is 0 Å². The van der Waals surface area contributed by atoms with Gasteiger partial charge in [0.2, 0.25) is 0 Å². The molecule has 0 aromatic heterocycles. The average Bonchev–Trinajstić information content (AvgIpc) is 2.38. The summed E-state index contributed by atoms with van der Waals surface area (Å²) in [7, 11) is 0. The Kier molecular flexibility index (Phi) is 6.68. The summed E-state index contributed by atoms with van der Waals surface area (Å²) >= 11 is 0. The van der Waals surface area contributed by atoms with Gasteiger partial charge < -0.3 is 20.5 Å². The molecule has 0 aliphatic carbocycles. The van der Waals surface area contributed by atoms with Crippen LogP contribution in [-0.4, -0.2) is 30.4 Å². The SMILES string of the molecule is CC(O)CC(C)(C)CNC(=O)Nc1cc(F)ccc1OC(F)F. The Morgan fingerprint density at radius 3 is 2.61 bits per heavy atom. The van der Waals surface area contributed by atoms with Crippen LogP contribution in [0, 0.1) is 11.2 Å². The standard InChI is InChI=1S/C15H21F3N2O3/c1-9(21)7-15(2,3)8-19-14(22)20-11-6-10(16)4-5-12(11)23-13(17)18/h4-6,9,13,21H,7-8H2,1-3H3,(H2,19,20,22). The van der Waals surface area contributed by atoms with E-state index in [1.54, 1.807) is 6.92 Å². The molecule has 1 rings (SSSR count). The number of amides is 2. The van der Waals surface area contributed by atoms with Gasteiger partial charge in [-0.25, -0.2) is 9.18 Å². The van der Waals surface area contributed by atoms with Gasteiger partial charge in [-0.1, -0.05) is 13.8 Å². The monoisotopic (exact) mass is 334 g/mol. The smallest absolute Gasteiger partial charge is 0.387 e. The molecule has 3 N–H and O–H groups in total. The van der Waals surface area contributed by atoms with Crippen molar-refractivity contribution in [3.8, 4) is 5.75 Å². The van der Waals surface area contributed by atoms with Crippen molar-refractivity contribution in [1.29, 1.82) is 0 Å². The van der Waals surface area contributed by atoms with Gasteiger partial charge in [0.25, 0.3) is 0 Å². The highest BCUT2D eigenvalue weighted by Crippen LogP contribution is 2.27. The van der Waals surface area contributed by atoms with Gasteiger partial charge in [0.05, 0.1) is 11.8 Å². The Bertz CT molecular complexity index is 537. The summed E-state index contributed by atoms with van der Waals surface area (Å²) in [5, 5.41) is 14.2. The van der Waals surface area contributed by atoms with Crippen LogP contribution in [0.15, 0.2) is 18.2 Å². The molecule has 2 amide bonds. The molecule has 0 fully saturated rings. The van der Waals surface area contributed by atoms with Crippen molar-refractivity contribution < 1.29 is 27.8 Å². The number of alkyl halides is 2. The van der Waals surface area contributed by atoms with E-state index in [0.29, 0.717) is 6.42 Å². The molecule has 0 saturated carbocycles. The number of carbonyl (C=O) groups excluding carboxylic acids is 1. The lowest BCUT2D eigenvalue weighted by atomic mass is 9.87. The van der Waals surface area contributed by atoms with E-state index < -0.39 is 24.6 Å². The quantitative estimate of drug-likeness (QED) is 0.716.